The molecule has 7 nitrogen and oxygen atoms in total. The summed E-state index contributed by atoms with van der Waals surface area (Å²) in [5.74, 6) is 0.249. The molecular weight excluding hydrogens is 372 g/mol. The molecular formula is C22H30N2O5. The van der Waals surface area contributed by atoms with E-state index in [1.807, 2.05) is 0 Å². The zero-order chi connectivity index (χ0) is 19.9. The molecule has 1 saturated carbocycles. The lowest BCUT2D eigenvalue weighted by Gasteiger charge is -2.23. The average molecular weight is 402 g/mol. The SMILES string of the molecule is ONC(=CC1=NCCc2cc(COC3CCCC3)ccc21)OCC1COCCO1. The van der Waals surface area contributed by atoms with Crippen LogP contribution in [0.25, 0.3) is 0 Å². The number of rotatable bonds is 8. The van der Waals surface area contributed by atoms with Crippen molar-refractivity contribution in [1.82, 2.24) is 5.48 Å². The van der Waals surface area contributed by atoms with Crippen molar-refractivity contribution in [3.8, 4) is 0 Å². The number of allylic oxidation sites excluding steroid dienone is 1. The van der Waals surface area contributed by atoms with Gasteiger partial charge in [0.15, 0.2) is 0 Å². The molecule has 2 fully saturated rings. The van der Waals surface area contributed by atoms with Gasteiger partial charge in [-0.05, 0) is 30.4 Å². The molecule has 0 spiro atoms. The summed E-state index contributed by atoms with van der Waals surface area (Å²) >= 11 is 0. The van der Waals surface area contributed by atoms with Crippen molar-refractivity contribution >= 4 is 5.71 Å². The third-order valence-electron chi connectivity index (χ3n) is 5.58. The molecule has 3 aliphatic rings. The molecule has 1 atom stereocenters. The third-order valence-corrected chi connectivity index (χ3v) is 5.58. The van der Waals surface area contributed by atoms with Gasteiger partial charge in [0, 0.05) is 18.2 Å². The van der Waals surface area contributed by atoms with Gasteiger partial charge in [-0.2, -0.15) is 0 Å². The van der Waals surface area contributed by atoms with E-state index in [-0.39, 0.29) is 12.0 Å². The van der Waals surface area contributed by atoms with E-state index in [0.717, 1.165) is 17.7 Å². The third kappa shape index (κ3) is 5.57. The van der Waals surface area contributed by atoms with Crippen LogP contribution in [0, 0.1) is 0 Å². The van der Waals surface area contributed by atoms with E-state index in [2.05, 4.69) is 28.7 Å². The maximum atomic E-state index is 9.47. The van der Waals surface area contributed by atoms with Gasteiger partial charge in [-0.1, -0.05) is 31.0 Å². The molecule has 158 valence electrons. The number of aliphatic imine (C=N–C) groups is 1. The summed E-state index contributed by atoms with van der Waals surface area (Å²) in [6.45, 7) is 3.34. The van der Waals surface area contributed by atoms with E-state index in [9.17, 15) is 5.21 Å². The normalized spacial score (nSPS) is 22.9. The number of fused-ring (bicyclic) bond motifs is 1. The molecule has 29 heavy (non-hydrogen) atoms. The Kier molecular flexibility index (Phi) is 7.16. The van der Waals surface area contributed by atoms with Crippen molar-refractivity contribution < 1.29 is 24.2 Å². The van der Waals surface area contributed by atoms with Crippen LogP contribution in [-0.2, 0) is 32.0 Å². The highest BCUT2D eigenvalue weighted by Gasteiger charge is 2.19. The molecule has 1 unspecified atom stereocenters. The molecule has 1 aliphatic carbocycles. The van der Waals surface area contributed by atoms with Gasteiger partial charge in [-0.3, -0.25) is 10.2 Å². The van der Waals surface area contributed by atoms with Gasteiger partial charge in [0.1, 0.15) is 12.7 Å². The van der Waals surface area contributed by atoms with Crippen LogP contribution in [-0.4, -0.2) is 56.1 Å². The van der Waals surface area contributed by atoms with Crippen LogP contribution in [0.2, 0.25) is 0 Å². The first-order valence-electron chi connectivity index (χ1n) is 10.5. The molecule has 2 heterocycles. The largest absolute Gasteiger partial charge is 0.475 e. The lowest BCUT2D eigenvalue weighted by molar-refractivity contribution is -0.112. The fourth-order valence-electron chi connectivity index (χ4n) is 4.01. The molecule has 1 saturated heterocycles. The van der Waals surface area contributed by atoms with E-state index in [4.69, 9.17) is 18.9 Å². The van der Waals surface area contributed by atoms with Gasteiger partial charge in [0.2, 0.25) is 5.88 Å². The second-order valence-electron chi connectivity index (χ2n) is 7.73. The summed E-state index contributed by atoms with van der Waals surface area (Å²) in [6.07, 6.45) is 7.84. The van der Waals surface area contributed by atoms with Crippen molar-refractivity contribution in [3.05, 3.63) is 46.8 Å². The van der Waals surface area contributed by atoms with Gasteiger partial charge < -0.3 is 18.9 Å². The number of benzene rings is 1. The summed E-state index contributed by atoms with van der Waals surface area (Å²) in [5, 5.41) is 9.47. The van der Waals surface area contributed by atoms with Crippen LogP contribution in [0.5, 0.6) is 0 Å². The average Bonchev–Trinajstić information content (AvgIpc) is 3.29. The standard InChI is InChI=1S/C22H30N2O5/c25-24-22(29-15-19-14-26-9-10-27-19)12-21-20-6-5-16(11-17(20)7-8-23-21)13-28-18-3-1-2-4-18/h5-6,11-12,18-19,24-25H,1-4,7-10,13-15H2. The first-order chi connectivity index (χ1) is 14.3. The molecule has 2 N–H and O–H groups in total. The molecule has 1 aromatic rings. The van der Waals surface area contributed by atoms with Crippen LogP contribution >= 0.6 is 0 Å². The lowest BCUT2D eigenvalue weighted by Crippen LogP contribution is -2.33. The highest BCUT2D eigenvalue weighted by atomic mass is 16.6. The zero-order valence-electron chi connectivity index (χ0n) is 16.8. The van der Waals surface area contributed by atoms with Crippen LogP contribution in [0.3, 0.4) is 0 Å². The number of ether oxygens (including phenoxy) is 4. The number of nitrogens with one attached hydrogen (secondary N) is 1. The lowest BCUT2D eigenvalue weighted by atomic mass is 9.95. The van der Waals surface area contributed by atoms with Crippen LogP contribution in [0.4, 0.5) is 0 Å². The molecule has 0 bridgehead atoms. The number of hydrogen-bond acceptors (Lipinski definition) is 7. The van der Waals surface area contributed by atoms with E-state index in [1.54, 1.807) is 6.08 Å². The second-order valence-corrected chi connectivity index (χ2v) is 7.73. The Morgan fingerprint density at radius 1 is 1.28 bits per heavy atom. The second kappa shape index (κ2) is 10.2. The van der Waals surface area contributed by atoms with Crippen LogP contribution in [0.1, 0.15) is 42.4 Å². The fourth-order valence-corrected chi connectivity index (χ4v) is 4.01. The Morgan fingerprint density at radius 3 is 2.97 bits per heavy atom. The highest BCUT2D eigenvalue weighted by molar-refractivity contribution is 6.10. The van der Waals surface area contributed by atoms with Crippen LogP contribution < -0.4 is 5.48 Å². The quantitative estimate of drug-likeness (QED) is 0.514. The molecule has 0 amide bonds. The predicted molar refractivity (Wildman–Crippen MR) is 108 cm³/mol. The molecule has 7 heteroatoms. The Hall–Kier alpha value is -1.93. The minimum absolute atomic E-state index is 0.136. The number of hydrogen-bond donors (Lipinski definition) is 2. The molecule has 0 aromatic heterocycles. The molecule has 1 aromatic carbocycles. The van der Waals surface area contributed by atoms with Gasteiger partial charge in [-0.25, -0.2) is 5.48 Å². The van der Waals surface area contributed by atoms with Crippen LogP contribution in [0.15, 0.2) is 35.2 Å². The summed E-state index contributed by atoms with van der Waals surface area (Å²) in [7, 11) is 0. The topological polar surface area (TPSA) is 81.5 Å². The van der Waals surface area contributed by atoms with E-state index in [1.165, 1.54) is 36.8 Å². The molecule has 2 aliphatic heterocycles. The minimum Gasteiger partial charge on any atom is -0.475 e. The summed E-state index contributed by atoms with van der Waals surface area (Å²) in [4.78, 5) is 4.61. The van der Waals surface area contributed by atoms with Crippen molar-refractivity contribution in [2.75, 3.05) is 33.0 Å². The smallest absolute Gasteiger partial charge is 0.213 e. The van der Waals surface area contributed by atoms with E-state index >= 15 is 0 Å². The Morgan fingerprint density at radius 2 is 2.17 bits per heavy atom. The maximum Gasteiger partial charge on any atom is 0.213 e. The van der Waals surface area contributed by atoms with Gasteiger partial charge in [0.05, 0.1) is 38.2 Å². The first kappa shape index (κ1) is 20.3. The summed E-state index contributed by atoms with van der Waals surface area (Å²) in [5.41, 5.74) is 6.44. The fraction of sp³-hybridized carbons (Fsp3) is 0.591. The number of nitrogens with zero attached hydrogens (tertiary/aromatic N) is 1. The van der Waals surface area contributed by atoms with Crippen molar-refractivity contribution in [3.63, 3.8) is 0 Å². The molecule has 0 radical (unpaired) electrons. The van der Waals surface area contributed by atoms with E-state index in [0.29, 0.717) is 45.7 Å². The van der Waals surface area contributed by atoms with Crippen molar-refractivity contribution in [1.29, 1.82) is 0 Å². The minimum atomic E-state index is -0.136. The zero-order valence-corrected chi connectivity index (χ0v) is 16.8. The predicted octanol–water partition coefficient (Wildman–Crippen LogP) is 2.74. The van der Waals surface area contributed by atoms with Gasteiger partial charge in [0.25, 0.3) is 0 Å². The van der Waals surface area contributed by atoms with Crippen molar-refractivity contribution in [2.24, 2.45) is 4.99 Å². The Balaban J connectivity index is 1.39. The Labute approximate surface area is 171 Å². The first-order valence-corrected chi connectivity index (χ1v) is 10.5. The highest BCUT2D eigenvalue weighted by Crippen LogP contribution is 2.24. The number of hydroxylamine groups is 1. The van der Waals surface area contributed by atoms with Crippen molar-refractivity contribution in [2.45, 2.75) is 50.9 Å². The summed E-state index contributed by atoms with van der Waals surface area (Å²) < 4.78 is 22.6. The molecule has 4 rings (SSSR count). The van der Waals surface area contributed by atoms with Gasteiger partial charge >= 0.3 is 0 Å². The Bertz CT molecular complexity index is 737. The maximum absolute atomic E-state index is 9.47. The summed E-state index contributed by atoms with van der Waals surface area (Å²) in [6, 6.07) is 6.40. The van der Waals surface area contributed by atoms with Gasteiger partial charge in [-0.15, -0.1) is 0 Å². The monoisotopic (exact) mass is 402 g/mol. The van der Waals surface area contributed by atoms with E-state index < -0.39 is 0 Å².